The summed E-state index contributed by atoms with van der Waals surface area (Å²) in [7, 11) is 0. The number of aliphatic hydroxyl groups excluding tert-OH is 4. The van der Waals surface area contributed by atoms with Crippen LogP contribution in [0, 0.1) is 0 Å². The molecule has 60 valence electrons. The third-order valence-corrected chi connectivity index (χ3v) is 1.52. The number of hydrogen-bond donors (Lipinski definition) is 4. The maximum Gasteiger partial charge on any atom is 0.184 e. The summed E-state index contributed by atoms with van der Waals surface area (Å²) in [6, 6.07) is 0. The van der Waals surface area contributed by atoms with Gasteiger partial charge in [-0.2, -0.15) is 0 Å². The highest BCUT2D eigenvalue weighted by Crippen LogP contribution is 2.18. The second kappa shape index (κ2) is 2.81. The standard InChI is InChI=1S/C5H10O5/c6-1-2-3(7)4(8)5(9)10-2/h2-9H,1H2/t2-,3-,4+,5+/m0/s1. The van der Waals surface area contributed by atoms with Crippen molar-refractivity contribution in [3.63, 3.8) is 0 Å². The fraction of sp³-hybridized carbons (Fsp3) is 1.00. The van der Waals surface area contributed by atoms with Crippen molar-refractivity contribution in [1.29, 1.82) is 0 Å². The summed E-state index contributed by atoms with van der Waals surface area (Å²) in [5.74, 6) is 0. The molecule has 0 unspecified atom stereocenters. The SMILES string of the molecule is OC[C@@H]1O[C@@H](O)[C@H](O)[C@H]1O. The summed E-state index contributed by atoms with van der Waals surface area (Å²) >= 11 is 0. The largest absolute Gasteiger partial charge is 0.394 e. The van der Waals surface area contributed by atoms with Crippen molar-refractivity contribution in [3.8, 4) is 0 Å². The highest BCUT2D eigenvalue weighted by molar-refractivity contribution is 4.84. The van der Waals surface area contributed by atoms with Crippen molar-refractivity contribution in [2.45, 2.75) is 24.6 Å². The Hall–Kier alpha value is -0.200. The van der Waals surface area contributed by atoms with Crippen LogP contribution in [0.2, 0.25) is 0 Å². The summed E-state index contributed by atoms with van der Waals surface area (Å²) in [6.07, 6.45) is -4.76. The van der Waals surface area contributed by atoms with E-state index in [0.29, 0.717) is 0 Å². The van der Waals surface area contributed by atoms with E-state index in [4.69, 9.17) is 20.4 Å². The van der Waals surface area contributed by atoms with Gasteiger partial charge in [0.1, 0.15) is 18.3 Å². The van der Waals surface area contributed by atoms with E-state index in [1.165, 1.54) is 0 Å². The molecular formula is C5H10O5. The lowest BCUT2D eigenvalue weighted by atomic mass is 10.1. The normalized spacial score (nSPS) is 48.0. The van der Waals surface area contributed by atoms with Gasteiger partial charge in [-0.3, -0.25) is 0 Å². The zero-order valence-electron chi connectivity index (χ0n) is 5.21. The molecule has 4 atom stereocenters. The molecule has 0 aromatic carbocycles. The van der Waals surface area contributed by atoms with E-state index >= 15 is 0 Å². The van der Waals surface area contributed by atoms with E-state index in [1.54, 1.807) is 0 Å². The predicted octanol–water partition coefficient (Wildman–Crippen LogP) is -2.58. The molecule has 1 rings (SSSR count). The van der Waals surface area contributed by atoms with Crippen molar-refractivity contribution < 1.29 is 25.2 Å². The van der Waals surface area contributed by atoms with Crippen LogP contribution >= 0.6 is 0 Å². The minimum absolute atomic E-state index is 0.407. The Bertz CT molecular complexity index is 117. The van der Waals surface area contributed by atoms with Crippen molar-refractivity contribution in [2.75, 3.05) is 6.61 Å². The lowest BCUT2D eigenvalue weighted by Crippen LogP contribution is -2.33. The van der Waals surface area contributed by atoms with E-state index in [9.17, 15) is 0 Å². The van der Waals surface area contributed by atoms with Gasteiger partial charge in [0.25, 0.3) is 0 Å². The zero-order valence-corrected chi connectivity index (χ0v) is 5.21. The maximum absolute atomic E-state index is 8.93. The van der Waals surface area contributed by atoms with Crippen LogP contribution in [0.25, 0.3) is 0 Å². The van der Waals surface area contributed by atoms with Gasteiger partial charge in [-0.1, -0.05) is 0 Å². The number of hydrogen-bond acceptors (Lipinski definition) is 5. The maximum atomic E-state index is 8.93. The Morgan fingerprint density at radius 2 is 1.70 bits per heavy atom. The number of rotatable bonds is 1. The first kappa shape index (κ1) is 7.90. The van der Waals surface area contributed by atoms with Gasteiger partial charge in [0.05, 0.1) is 6.61 Å². The number of aliphatic hydroxyl groups is 4. The molecule has 1 heterocycles. The summed E-state index contributed by atoms with van der Waals surface area (Å²) in [6.45, 7) is -0.407. The molecule has 0 spiro atoms. The fourth-order valence-corrected chi connectivity index (χ4v) is 0.880. The second-order valence-corrected chi connectivity index (χ2v) is 2.23. The van der Waals surface area contributed by atoms with Crippen LogP contribution in [-0.2, 0) is 4.74 Å². The lowest BCUT2D eigenvalue weighted by molar-refractivity contribution is -0.132. The molecule has 1 aliphatic rings. The van der Waals surface area contributed by atoms with Crippen molar-refractivity contribution >= 4 is 0 Å². The Morgan fingerprint density at radius 3 is 1.90 bits per heavy atom. The quantitative estimate of drug-likeness (QED) is 0.329. The topological polar surface area (TPSA) is 90.2 Å². The molecular weight excluding hydrogens is 140 g/mol. The first-order valence-electron chi connectivity index (χ1n) is 2.97. The van der Waals surface area contributed by atoms with Crippen LogP contribution in [0.3, 0.4) is 0 Å². The van der Waals surface area contributed by atoms with Crippen LogP contribution < -0.4 is 0 Å². The van der Waals surface area contributed by atoms with E-state index in [2.05, 4.69) is 4.74 Å². The minimum Gasteiger partial charge on any atom is -0.394 e. The number of ether oxygens (including phenoxy) is 1. The second-order valence-electron chi connectivity index (χ2n) is 2.23. The average molecular weight is 150 g/mol. The molecule has 0 aromatic rings. The molecule has 10 heavy (non-hydrogen) atoms. The summed E-state index contributed by atoms with van der Waals surface area (Å²) in [4.78, 5) is 0. The Morgan fingerprint density at radius 1 is 1.10 bits per heavy atom. The molecule has 5 heteroatoms. The lowest BCUT2D eigenvalue weighted by Gasteiger charge is -2.09. The first-order valence-corrected chi connectivity index (χ1v) is 2.97. The van der Waals surface area contributed by atoms with Crippen LogP contribution in [0.5, 0.6) is 0 Å². The molecule has 0 bridgehead atoms. The van der Waals surface area contributed by atoms with E-state index in [0.717, 1.165) is 0 Å². The molecule has 5 nitrogen and oxygen atoms in total. The van der Waals surface area contributed by atoms with Crippen molar-refractivity contribution in [2.24, 2.45) is 0 Å². The smallest absolute Gasteiger partial charge is 0.184 e. The third kappa shape index (κ3) is 1.14. The first-order chi connectivity index (χ1) is 4.66. The molecule has 0 aliphatic carbocycles. The Labute approximate surface area is 57.5 Å². The minimum atomic E-state index is -1.38. The van der Waals surface area contributed by atoms with E-state index < -0.39 is 31.2 Å². The van der Waals surface area contributed by atoms with Gasteiger partial charge < -0.3 is 25.2 Å². The molecule has 1 saturated heterocycles. The van der Waals surface area contributed by atoms with Gasteiger partial charge in [0.2, 0.25) is 0 Å². The average Bonchev–Trinajstić information content (AvgIpc) is 2.17. The Balaban J connectivity index is 2.53. The van der Waals surface area contributed by atoms with Crippen LogP contribution in [-0.4, -0.2) is 51.6 Å². The summed E-state index contributed by atoms with van der Waals surface area (Å²) < 4.78 is 4.54. The van der Waals surface area contributed by atoms with Gasteiger partial charge in [0, 0.05) is 0 Å². The molecule has 4 N–H and O–H groups in total. The highest BCUT2D eigenvalue weighted by atomic mass is 16.6. The van der Waals surface area contributed by atoms with Gasteiger partial charge in [-0.25, -0.2) is 0 Å². The molecule has 0 radical (unpaired) electrons. The fourth-order valence-electron chi connectivity index (χ4n) is 0.880. The van der Waals surface area contributed by atoms with E-state index in [-0.39, 0.29) is 0 Å². The molecule has 1 fully saturated rings. The Kier molecular flexibility index (Phi) is 2.22. The molecule has 0 amide bonds. The summed E-state index contributed by atoms with van der Waals surface area (Å²) in [5.41, 5.74) is 0. The summed E-state index contributed by atoms with van der Waals surface area (Å²) in [5, 5.41) is 35.0. The van der Waals surface area contributed by atoms with Crippen LogP contribution in [0.15, 0.2) is 0 Å². The predicted molar refractivity (Wildman–Crippen MR) is 30.0 cm³/mol. The van der Waals surface area contributed by atoms with Crippen molar-refractivity contribution in [1.82, 2.24) is 0 Å². The van der Waals surface area contributed by atoms with Gasteiger partial charge in [-0.15, -0.1) is 0 Å². The van der Waals surface area contributed by atoms with Crippen molar-refractivity contribution in [3.05, 3.63) is 0 Å². The van der Waals surface area contributed by atoms with Gasteiger partial charge >= 0.3 is 0 Å². The third-order valence-electron chi connectivity index (χ3n) is 1.52. The molecule has 0 saturated carbocycles. The highest BCUT2D eigenvalue weighted by Gasteiger charge is 2.41. The monoisotopic (exact) mass is 150 g/mol. The van der Waals surface area contributed by atoms with E-state index in [1.807, 2.05) is 0 Å². The van der Waals surface area contributed by atoms with Gasteiger partial charge in [-0.05, 0) is 0 Å². The van der Waals surface area contributed by atoms with Crippen LogP contribution in [0.4, 0.5) is 0 Å². The van der Waals surface area contributed by atoms with Crippen LogP contribution in [0.1, 0.15) is 0 Å². The zero-order chi connectivity index (χ0) is 7.72. The van der Waals surface area contributed by atoms with Gasteiger partial charge in [0.15, 0.2) is 6.29 Å². The molecule has 1 aliphatic heterocycles. The molecule has 0 aromatic heterocycles.